The highest BCUT2D eigenvalue weighted by atomic mass is 16.2. The molecule has 1 aromatic rings. The summed E-state index contributed by atoms with van der Waals surface area (Å²) in [5.41, 5.74) is 5.77. The molecule has 0 saturated carbocycles. The summed E-state index contributed by atoms with van der Waals surface area (Å²) in [6, 6.07) is 9.73. The highest BCUT2D eigenvalue weighted by Gasteiger charge is 2.37. The number of benzene rings is 1. The molecule has 0 aromatic heterocycles. The van der Waals surface area contributed by atoms with Crippen LogP contribution in [0.1, 0.15) is 72.3 Å². The van der Waals surface area contributed by atoms with Gasteiger partial charge in [0.15, 0.2) is 0 Å². The van der Waals surface area contributed by atoms with Gasteiger partial charge in [-0.25, -0.2) is 0 Å². The molecule has 0 radical (unpaired) electrons. The lowest BCUT2D eigenvalue weighted by molar-refractivity contribution is -0.134. The summed E-state index contributed by atoms with van der Waals surface area (Å²) in [6.07, 6.45) is 14.3. The molecule has 0 bridgehead atoms. The van der Waals surface area contributed by atoms with E-state index >= 15 is 0 Å². The van der Waals surface area contributed by atoms with E-state index in [0.717, 1.165) is 42.4 Å². The zero-order chi connectivity index (χ0) is 28.6. The lowest BCUT2D eigenvalue weighted by atomic mass is 9.98. The van der Waals surface area contributed by atoms with Crippen molar-refractivity contribution in [2.24, 2.45) is 4.99 Å². The fraction of sp³-hybridized carbons (Fsp3) is 0.424. The number of hydrogen-bond donors (Lipinski definition) is 2. The van der Waals surface area contributed by atoms with Gasteiger partial charge < -0.3 is 10.6 Å². The molecule has 2 amide bonds. The Balaban J connectivity index is 2.03. The van der Waals surface area contributed by atoms with Crippen molar-refractivity contribution in [1.29, 1.82) is 0 Å². The Bertz CT molecular complexity index is 1130. The molecule has 1 aromatic carbocycles. The van der Waals surface area contributed by atoms with Crippen LogP contribution in [0.25, 0.3) is 0 Å². The van der Waals surface area contributed by atoms with Crippen molar-refractivity contribution in [3.05, 3.63) is 95.0 Å². The molecule has 1 atom stereocenters. The second kappa shape index (κ2) is 17.0. The van der Waals surface area contributed by atoms with Gasteiger partial charge in [-0.3, -0.25) is 19.5 Å². The van der Waals surface area contributed by atoms with Crippen LogP contribution in [0.4, 0.5) is 0 Å². The highest BCUT2D eigenvalue weighted by Crippen LogP contribution is 2.28. The van der Waals surface area contributed by atoms with Crippen LogP contribution in [0.3, 0.4) is 0 Å². The fourth-order valence-electron chi connectivity index (χ4n) is 4.69. The van der Waals surface area contributed by atoms with Crippen molar-refractivity contribution in [1.82, 2.24) is 15.5 Å². The Morgan fingerprint density at radius 2 is 1.87 bits per heavy atom. The minimum atomic E-state index is -0.570. The molecule has 6 nitrogen and oxygen atoms in total. The van der Waals surface area contributed by atoms with E-state index in [-0.39, 0.29) is 11.8 Å². The standard InChI is InChI=1S/C33H46N4O2/c1-7-15-29(23-34-21-8-2)26(6)28(9-3)24-36-32(38)31-20-19-25(5)37(31)33(39)30(10-4)35-22-14-18-27-16-12-11-13-17-27/h8-13,16-17,21,23,31,35H,5,7,14-15,18-20,22,24H2,1-4,6H3,(H,36,38)/b21-8-,28-9-,29-26+,30-10+,34-23+. The summed E-state index contributed by atoms with van der Waals surface area (Å²) in [4.78, 5) is 32.7. The number of nitrogens with zero attached hydrogens (tertiary/aromatic N) is 2. The largest absolute Gasteiger partial charge is 0.381 e. The van der Waals surface area contributed by atoms with Crippen LogP contribution in [-0.2, 0) is 16.0 Å². The third-order valence-electron chi connectivity index (χ3n) is 6.95. The van der Waals surface area contributed by atoms with Crippen molar-refractivity contribution in [3.63, 3.8) is 0 Å². The van der Waals surface area contributed by atoms with Crippen molar-refractivity contribution >= 4 is 18.0 Å². The number of carbonyl (C=O) groups is 2. The van der Waals surface area contributed by atoms with E-state index in [0.29, 0.717) is 37.3 Å². The molecule has 1 heterocycles. The van der Waals surface area contributed by atoms with E-state index in [2.05, 4.69) is 48.2 Å². The first-order chi connectivity index (χ1) is 18.9. The summed E-state index contributed by atoms with van der Waals surface area (Å²) in [6.45, 7) is 15.1. The summed E-state index contributed by atoms with van der Waals surface area (Å²) in [5.74, 6) is -0.360. The third-order valence-corrected chi connectivity index (χ3v) is 6.95. The lowest BCUT2D eigenvalue weighted by Crippen LogP contribution is -2.47. The van der Waals surface area contributed by atoms with Gasteiger partial charge in [0.25, 0.3) is 5.91 Å². The normalized spacial score (nSPS) is 17.2. The average Bonchev–Trinajstić information content (AvgIpc) is 3.34. The molecule has 2 rings (SSSR count). The number of aryl methyl sites for hydroxylation is 1. The molecule has 0 aliphatic carbocycles. The van der Waals surface area contributed by atoms with Crippen LogP contribution in [-0.4, -0.2) is 42.1 Å². The van der Waals surface area contributed by atoms with Gasteiger partial charge in [-0.2, -0.15) is 0 Å². The van der Waals surface area contributed by atoms with E-state index in [1.54, 1.807) is 17.2 Å². The Morgan fingerprint density at radius 3 is 2.51 bits per heavy atom. The van der Waals surface area contributed by atoms with Gasteiger partial charge in [0.2, 0.25) is 5.91 Å². The van der Waals surface area contributed by atoms with Crippen molar-refractivity contribution in [3.8, 4) is 0 Å². The molecule has 6 heteroatoms. The van der Waals surface area contributed by atoms with E-state index in [9.17, 15) is 9.59 Å². The monoisotopic (exact) mass is 530 g/mol. The predicted octanol–water partition coefficient (Wildman–Crippen LogP) is 6.40. The van der Waals surface area contributed by atoms with Gasteiger partial charge >= 0.3 is 0 Å². The van der Waals surface area contributed by atoms with Gasteiger partial charge in [-0.1, -0.05) is 68.5 Å². The number of amides is 2. The topological polar surface area (TPSA) is 73.8 Å². The minimum absolute atomic E-state index is 0.159. The average molecular weight is 531 g/mol. The molecule has 1 fully saturated rings. The zero-order valence-electron chi connectivity index (χ0n) is 24.4. The predicted molar refractivity (Wildman–Crippen MR) is 163 cm³/mol. The Hall–Kier alpha value is -3.67. The van der Waals surface area contributed by atoms with E-state index in [4.69, 9.17) is 0 Å². The summed E-state index contributed by atoms with van der Waals surface area (Å²) >= 11 is 0. The highest BCUT2D eigenvalue weighted by molar-refractivity contribution is 5.98. The first-order valence-corrected chi connectivity index (χ1v) is 14.1. The molecule has 1 aliphatic rings. The molecular formula is C33H46N4O2. The SMILES string of the molecule is C=C1CCC(C(=O)NCC(=C/C)/C(C)=C(/C=N/C=C\C)CCC)N1C(=O)/C(=C\C)NCCCc1ccccc1. The molecule has 210 valence electrons. The second-order valence-corrected chi connectivity index (χ2v) is 9.71. The van der Waals surface area contributed by atoms with Gasteiger partial charge in [-0.05, 0) is 82.1 Å². The van der Waals surface area contributed by atoms with Crippen LogP contribution < -0.4 is 10.6 Å². The van der Waals surface area contributed by atoms with Gasteiger partial charge in [-0.15, -0.1) is 0 Å². The quantitative estimate of drug-likeness (QED) is 0.126. The van der Waals surface area contributed by atoms with E-state index in [1.165, 1.54) is 5.56 Å². The molecule has 2 N–H and O–H groups in total. The number of nitrogens with one attached hydrogen (secondary N) is 2. The van der Waals surface area contributed by atoms with E-state index in [1.807, 2.05) is 57.3 Å². The number of allylic oxidation sites excluding steroid dienone is 5. The van der Waals surface area contributed by atoms with Crippen molar-refractivity contribution in [2.45, 2.75) is 79.2 Å². The molecule has 39 heavy (non-hydrogen) atoms. The maximum atomic E-state index is 13.5. The van der Waals surface area contributed by atoms with Crippen LogP contribution in [0.2, 0.25) is 0 Å². The van der Waals surface area contributed by atoms with Crippen molar-refractivity contribution < 1.29 is 9.59 Å². The summed E-state index contributed by atoms with van der Waals surface area (Å²) in [5, 5.41) is 6.36. The molecule has 1 aliphatic heterocycles. The number of likely N-dealkylation sites (tertiary alicyclic amines) is 1. The summed E-state index contributed by atoms with van der Waals surface area (Å²) < 4.78 is 0. The molecule has 1 saturated heterocycles. The Labute approximate surface area is 235 Å². The van der Waals surface area contributed by atoms with Crippen molar-refractivity contribution in [2.75, 3.05) is 13.1 Å². The smallest absolute Gasteiger partial charge is 0.274 e. The van der Waals surface area contributed by atoms with Gasteiger partial charge in [0.05, 0.1) is 5.70 Å². The number of aliphatic imine (C=N–C) groups is 1. The Kier molecular flexibility index (Phi) is 13.8. The van der Waals surface area contributed by atoms with Crippen LogP contribution >= 0.6 is 0 Å². The van der Waals surface area contributed by atoms with Gasteiger partial charge in [0.1, 0.15) is 6.04 Å². The number of carbonyl (C=O) groups excluding carboxylic acids is 2. The van der Waals surface area contributed by atoms with Gasteiger partial charge in [0, 0.05) is 31.2 Å². The van der Waals surface area contributed by atoms with E-state index < -0.39 is 6.04 Å². The minimum Gasteiger partial charge on any atom is -0.381 e. The van der Waals surface area contributed by atoms with Crippen LogP contribution in [0.15, 0.2) is 94.4 Å². The summed E-state index contributed by atoms with van der Waals surface area (Å²) in [7, 11) is 0. The van der Waals surface area contributed by atoms with Crippen LogP contribution in [0.5, 0.6) is 0 Å². The second-order valence-electron chi connectivity index (χ2n) is 9.71. The first-order valence-electron chi connectivity index (χ1n) is 14.1. The zero-order valence-corrected chi connectivity index (χ0v) is 24.4. The lowest BCUT2D eigenvalue weighted by Gasteiger charge is -2.26. The maximum absolute atomic E-state index is 13.5. The van der Waals surface area contributed by atoms with Crippen LogP contribution in [0, 0.1) is 0 Å². The molecular weight excluding hydrogens is 484 g/mol. The molecule has 1 unspecified atom stereocenters. The number of hydrogen-bond acceptors (Lipinski definition) is 4. The fourth-order valence-corrected chi connectivity index (χ4v) is 4.69. The number of rotatable bonds is 14. The molecule has 0 spiro atoms. The Morgan fingerprint density at radius 1 is 1.13 bits per heavy atom. The maximum Gasteiger partial charge on any atom is 0.274 e. The third kappa shape index (κ3) is 9.54. The first kappa shape index (κ1) is 31.5.